The third kappa shape index (κ3) is 7.12. The molecule has 0 spiro atoms. The van der Waals surface area contributed by atoms with E-state index in [9.17, 15) is 0 Å². The van der Waals surface area contributed by atoms with Crippen LogP contribution in [-0.2, 0) is 10.8 Å². The zero-order valence-electron chi connectivity index (χ0n) is 27.3. The van der Waals surface area contributed by atoms with Gasteiger partial charge in [-0.2, -0.15) is 4.58 Å². The van der Waals surface area contributed by atoms with Crippen molar-refractivity contribution in [1.82, 2.24) is 5.32 Å². The molecule has 43 heavy (non-hydrogen) atoms. The summed E-state index contributed by atoms with van der Waals surface area (Å²) >= 11 is 0. The standard InChI is InChI=1S/C34H41N2O.C4H12N2/c1-24-25(18-20-31-33(2,3)27-14-6-8-16-29(27)36(31)23-11-22-35)12-10-13-26(24)19-21-32-34(4,5)28-15-7-9-17-30(28)37-32;1-6-4-2-3-5/h6-9,14-21H,10-13,22-23,35H2,1-5H3;6H,2-5H2,1H3/q+1;/b20-18+,26-19+,32-21+;. The SMILES string of the molecule is CC1=C(/C=C/C2=[N+](CCCN)c3ccccc3C2(C)C)CCC/C1=C\C=C1\Oc2ccccc2C1(C)C.CNCCCN. The summed E-state index contributed by atoms with van der Waals surface area (Å²) in [7, 11) is 1.93. The zero-order chi connectivity index (χ0) is 31.0. The number of nitrogens with zero attached hydrogens (tertiary/aromatic N) is 1. The van der Waals surface area contributed by atoms with Crippen molar-refractivity contribution in [2.75, 3.05) is 33.2 Å². The van der Waals surface area contributed by atoms with Crippen LogP contribution in [0.4, 0.5) is 5.69 Å². The van der Waals surface area contributed by atoms with Gasteiger partial charge in [0, 0.05) is 29.7 Å². The second kappa shape index (κ2) is 14.5. The number of rotatable bonds is 9. The van der Waals surface area contributed by atoms with Gasteiger partial charge in [-0.3, -0.25) is 0 Å². The molecule has 230 valence electrons. The maximum atomic E-state index is 6.26. The van der Waals surface area contributed by atoms with Crippen molar-refractivity contribution in [3.8, 4) is 5.75 Å². The molecule has 0 atom stereocenters. The number of fused-ring (bicyclic) bond motifs is 2. The van der Waals surface area contributed by atoms with Gasteiger partial charge in [-0.25, -0.2) is 0 Å². The van der Waals surface area contributed by atoms with Crippen LogP contribution in [-0.4, -0.2) is 43.5 Å². The molecule has 0 amide bonds. The van der Waals surface area contributed by atoms with Crippen molar-refractivity contribution in [2.24, 2.45) is 11.5 Å². The topological polar surface area (TPSA) is 76.3 Å². The Morgan fingerprint density at radius 1 is 0.860 bits per heavy atom. The van der Waals surface area contributed by atoms with Crippen molar-refractivity contribution in [2.45, 2.75) is 77.6 Å². The Hall–Kier alpha value is -3.25. The molecule has 0 aromatic heterocycles. The van der Waals surface area contributed by atoms with E-state index in [-0.39, 0.29) is 10.8 Å². The first-order valence-corrected chi connectivity index (χ1v) is 16.0. The molecule has 0 fully saturated rings. The number of hydrogen-bond acceptors (Lipinski definition) is 4. The molecule has 1 aliphatic carbocycles. The first kappa shape index (κ1) is 32.7. The Bertz CT molecular complexity index is 1430. The highest BCUT2D eigenvalue weighted by molar-refractivity contribution is 6.03. The molecule has 5 N–H and O–H groups in total. The molecule has 0 saturated heterocycles. The van der Waals surface area contributed by atoms with Gasteiger partial charge in [-0.1, -0.05) is 48.6 Å². The molecule has 0 saturated carbocycles. The first-order chi connectivity index (χ1) is 20.7. The molecular weight excluding hydrogens is 528 g/mol. The highest BCUT2D eigenvalue weighted by atomic mass is 16.5. The monoisotopic (exact) mass is 581 g/mol. The molecule has 2 heterocycles. The Labute approximate surface area is 260 Å². The lowest BCUT2D eigenvalue weighted by atomic mass is 9.80. The molecule has 0 radical (unpaired) electrons. The van der Waals surface area contributed by atoms with Crippen LogP contribution >= 0.6 is 0 Å². The Kier molecular flexibility index (Phi) is 11.0. The number of para-hydroxylation sites is 2. The van der Waals surface area contributed by atoms with Crippen LogP contribution in [0.25, 0.3) is 0 Å². The van der Waals surface area contributed by atoms with Gasteiger partial charge in [0.25, 0.3) is 0 Å². The molecule has 3 aliphatic rings. The van der Waals surface area contributed by atoms with Crippen molar-refractivity contribution >= 4 is 11.4 Å². The summed E-state index contributed by atoms with van der Waals surface area (Å²) in [4.78, 5) is 0. The van der Waals surface area contributed by atoms with E-state index in [1.807, 2.05) is 13.1 Å². The Morgan fingerprint density at radius 3 is 2.23 bits per heavy atom. The zero-order valence-corrected chi connectivity index (χ0v) is 27.3. The minimum absolute atomic E-state index is 0.0334. The summed E-state index contributed by atoms with van der Waals surface area (Å²) in [6, 6.07) is 17.2. The number of nitrogens with one attached hydrogen (secondary N) is 1. The van der Waals surface area contributed by atoms with E-state index in [0.717, 1.165) is 56.8 Å². The van der Waals surface area contributed by atoms with Gasteiger partial charge in [0.1, 0.15) is 11.5 Å². The fourth-order valence-corrected chi connectivity index (χ4v) is 6.43. The lowest BCUT2D eigenvalue weighted by Gasteiger charge is -2.20. The molecule has 5 rings (SSSR count). The average molecular weight is 582 g/mol. The fourth-order valence-electron chi connectivity index (χ4n) is 6.43. The minimum atomic E-state index is -0.116. The molecule has 5 nitrogen and oxygen atoms in total. The molecular formula is C38H53N4O+. The van der Waals surface area contributed by atoms with E-state index in [1.165, 1.54) is 45.7 Å². The van der Waals surface area contributed by atoms with Crippen molar-refractivity contribution in [1.29, 1.82) is 0 Å². The number of allylic oxidation sites excluding steroid dienone is 8. The lowest BCUT2D eigenvalue weighted by Crippen LogP contribution is -2.28. The third-order valence-corrected chi connectivity index (χ3v) is 9.15. The predicted octanol–water partition coefficient (Wildman–Crippen LogP) is 7.20. The summed E-state index contributed by atoms with van der Waals surface area (Å²) in [5, 5.41) is 2.99. The number of nitrogens with two attached hydrogens (primary N) is 2. The van der Waals surface area contributed by atoms with Crippen LogP contribution in [0.5, 0.6) is 5.75 Å². The molecule has 2 aromatic carbocycles. The van der Waals surface area contributed by atoms with E-state index >= 15 is 0 Å². The average Bonchev–Trinajstić information content (AvgIpc) is 3.39. The number of benzene rings is 2. The van der Waals surface area contributed by atoms with Gasteiger partial charge >= 0.3 is 0 Å². The normalized spacial score (nSPS) is 20.4. The lowest BCUT2D eigenvalue weighted by molar-refractivity contribution is -0.437. The van der Waals surface area contributed by atoms with E-state index in [0.29, 0.717) is 6.54 Å². The third-order valence-electron chi connectivity index (χ3n) is 9.15. The van der Waals surface area contributed by atoms with E-state index in [2.05, 4.69) is 111 Å². The molecule has 2 aliphatic heterocycles. The summed E-state index contributed by atoms with van der Waals surface area (Å²) in [6.45, 7) is 14.9. The minimum Gasteiger partial charge on any atom is -0.460 e. The van der Waals surface area contributed by atoms with Crippen molar-refractivity contribution < 1.29 is 9.31 Å². The Balaban J connectivity index is 0.000000641. The van der Waals surface area contributed by atoms with Crippen LogP contribution in [0.15, 0.2) is 95.3 Å². The van der Waals surface area contributed by atoms with Crippen LogP contribution in [0.3, 0.4) is 0 Å². The predicted molar refractivity (Wildman–Crippen MR) is 182 cm³/mol. The number of hydrogen-bond donors (Lipinski definition) is 3. The second-order valence-electron chi connectivity index (χ2n) is 12.9. The van der Waals surface area contributed by atoms with Crippen molar-refractivity contribution in [3.63, 3.8) is 0 Å². The molecule has 0 unspecified atom stereocenters. The van der Waals surface area contributed by atoms with Crippen LogP contribution < -0.4 is 21.5 Å². The van der Waals surface area contributed by atoms with E-state index < -0.39 is 0 Å². The highest BCUT2D eigenvalue weighted by Gasteiger charge is 2.43. The highest BCUT2D eigenvalue weighted by Crippen LogP contribution is 2.45. The van der Waals surface area contributed by atoms with Gasteiger partial charge in [-0.05, 0) is 116 Å². The van der Waals surface area contributed by atoms with Crippen LogP contribution in [0.2, 0.25) is 0 Å². The van der Waals surface area contributed by atoms with Gasteiger partial charge in [0.2, 0.25) is 5.69 Å². The number of ether oxygens (including phenoxy) is 1. The Morgan fingerprint density at radius 2 is 1.56 bits per heavy atom. The van der Waals surface area contributed by atoms with Gasteiger partial charge < -0.3 is 21.5 Å². The largest absolute Gasteiger partial charge is 0.460 e. The molecule has 5 heteroatoms. The van der Waals surface area contributed by atoms with Crippen molar-refractivity contribution in [3.05, 3.63) is 106 Å². The fraction of sp³-hybridized carbons (Fsp3) is 0.447. The van der Waals surface area contributed by atoms with E-state index in [1.54, 1.807) is 0 Å². The van der Waals surface area contributed by atoms with Crippen LogP contribution in [0, 0.1) is 0 Å². The van der Waals surface area contributed by atoms with Gasteiger partial charge in [0.05, 0.1) is 10.8 Å². The second-order valence-corrected chi connectivity index (χ2v) is 12.9. The van der Waals surface area contributed by atoms with Crippen LogP contribution in [0.1, 0.15) is 77.8 Å². The summed E-state index contributed by atoms with van der Waals surface area (Å²) in [6.07, 6.45) is 14.7. The summed E-state index contributed by atoms with van der Waals surface area (Å²) in [5.41, 5.74) is 20.5. The van der Waals surface area contributed by atoms with E-state index in [4.69, 9.17) is 16.2 Å². The first-order valence-electron chi connectivity index (χ1n) is 16.0. The summed E-state index contributed by atoms with van der Waals surface area (Å²) < 4.78 is 8.74. The van der Waals surface area contributed by atoms with Gasteiger partial charge in [0.15, 0.2) is 12.3 Å². The summed E-state index contributed by atoms with van der Waals surface area (Å²) in [5.74, 6) is 2.00. The quantitative estimate of drug-likeness (QED) is 0.216. The molecule has 2 aromatic rings. The smallest absolute Gasteiger partial charge is 0.209 e. The maximum absolute atomic E-state index is 6.26. The maximum Gasteiger partial charge on any atom is 0.209 e. The molecule has 0 bridgehead atoms. The van der Waals surface area contributed by atoms with Gasteiger partial charge in [-0.15, -0.1) is 0 Å².